The van der Waals surface area contributed by atoms with Gasteiger partial charge >= 0.3 is 0 Å². The molecule has 0 spiro atoms. The van der Waals surface area contributed by atoms with Crippen molar-refractivity contribution in [3.63, 3.8) is 0 Å². The van der Waals surface area contributed by atoms with Crippen LogP contribution in [0.3, 0.4) is 0 Å². The van der Waals surface area contributed by atoms with E-state index in [0.29, 0.717) is 0 Å². The van der Waals surface area contributed by atoms with Crippen molar-refractivity contribution in [3.8, 4) is 0 Å². The van der Waals surface area contributed by atoms with Crippen LogP contribution in [0, 0.1) is 11.8 Å². The van der Waals surface area contributed by atoms with Gasteiger partial charge in [-0.05, 0) is 24.7 Å². The fourth-order valence-corrected chi connectivity index (χ4v) is 0.990. The Morgan fingerprint density at radius 3 is 1.50 bits per heavy atom. The van der Waals surface area contributed by atoms with Crippen molar-refractivity contribution in [2.45, 2.75) is 26.7 Å². The first kappa shape index (κ1) is 9.48. The number of hydrogen-bond donors (Lipinski definition) is 0. The van der Waals surface area contributed by atoms with E-state index in [1.807, 2.05) is 12.2 Å². The zero-order chi connectivity index (χ0) is 7.98. The lowest BCUT2D eigenvalue weighted by Gasteiger charge is -2.15. The molecule has 58 valence electrons. The van der Waals surface area contributed by atoms with E-state index in [-0.39, 0.29) is 0 Å². The smallest absolute Gasteiger partial charge is 0.0325 e. The molecular weight excluding hydrogens is 120 g/mol. The molecule has 0 saturated heterocycles. The highest BCUT2D eigenvalue weighted by Crippen LogP contribution is 2.18. The molecule has 1 unspecified atom stereocenters. The predicted molar refractivity (Wildman–Crippen MR) is 48.0 cm³/mol. The minimum absolute atomic E-state index is 0.746. The number of hydrogen-bond acceptors (Lipinski definition) is 0. The second kappa shape index (κ2) is 5.28. The third-order valence-corrected chi connectivity index (χ3v) is 2.05. The van der Waals surface area contributed by atoms with Gasteiger partial charge in [0, 0.05) is 0 Å². The maximum atomic E-state index is 3.72. The van der Waals surface area contributed by atoms with Crippen molar-refractivity contribution in [1.29, 1.82) is 0 Å². The Bertz CT molecular complexity index is 88.6. The van der Waals surface area contributed by atoms with E-state index in [1.165, 1.54) is 0 Å². The zero-order valence-electron chi connectivity index (χ0n) is 7.14. The molecule has 2 atom stereocenters. The number of rotatable bonds is 5. The Balaban J connectivity index is 3.56. The van der Waals surface area contributed by atoms with Gasteiger partial charge in [-0.25, -0.2) is 0 Å². The maximum absolute atomic E-state index is 3.72. The summed E-state index contributed by atoms with van der Waals surface area (Å²) in [4.78, 5) is 0. The monoisotopic (exact) mass is 138 g/mol. The van der Waals surface area contributed by atoms with Crippen molar-refractivity contribution in [1.82, 2.24) is 0 Å². The minimum atomic E-state index is 0.746. The summed E-state index contributed by atoms with van der Waals surface area (Å²) >= 11 is 0. The summed E-state index contributed by atoms with van der Waals surface area (Å²) < 4.78 is 0. The van der Waals surface area contributed by atoms with E-state index in [1.54, 1.807) is 0 Å². The molecule has 10 heavy (non-hydrogen) atoms. The number of allylic oxidation sites excluding steroid dienone is 2. The molecule has 0 nitrogen and oxygen atoms in total. The first-order valence-corrected chi connectivity index (χ1v) is 3.94. The summed E-state index contributed by atoms with van der Waals surface area (Å²) in [6, 6.07) is 0. The summed E-state index contributed by atoms with van der Waals surface area (Å²) in [5.74, 6) is 1.49. The van der Waals surface area contributed by atoms with Gasteiger partial charge in [-0.2, -0.15) is 0 Å². The maximum Gasteiger partial charge on any atom is -0.0325 e. The third-order valence-electron chi connectivity index (χ3n) is 2.05. The zero-order valence-corrected chi connectivity index (χ0v) is 7.14. The van der Waals surface area contributed by atoms with E-state index in [0.717, 1.165) is 24.7 Å². The van der Waals surface area contributed by atoms with Crippen LogP contribution in [0.1, 0.15) is 26.7 Å². The normalized spacial score (nSPS) is 15.8. The van der Waals surface area contributed by atoms with Gasteiger partial charge in [-0.3, -0.25) is 0 Å². The van der Waals surface area contributed by atoms with Crippen LogP contribution in [0.15, 0.2) is 25.3 Å². The van der Waals surface area contributed by atoms with E-state index in [2.05, 4.69) is 27.0 Å². The summed E-state index contributed by atoms with van der Waals surface area (Å²) in [6.07, 6.45) is 6.22. The molecule has 0 rings (SSSR count). The Morgan fingerprint density at radius 1 is 1.00 bits per heavy atom. The fraction of sp³-hybridized carbons (Fsp3) is 0.600. The van der Waals surface area contributed by atoms with Gasteiger partial charge in [-0.1, -0.05) is 26.0 Å². The molecule has 0 aromatic rings. The van der Waals surface area contributed by atoms with Crippen molar-refractivity contribution in [2.75, 3.05) is 0 Å². The lowest BCUT2D eigenvalue weighted by atomic mass is 9.90. The topological polar surface area (TPSA) is 0 Å². The van der Waals surface area contributed by atoms with Gasteiger partial charge in [0.05, 0.1) is 0 Å². The Kier molecular flexibility index (Phi) is 5.00. The Labute approximate surface area is 64.6 Å². The predicted octanol–water partition coefficient (Wildman–Crippen LogP) is 3.41. The standard InChI is InChI=1S/C10H18/c1-5-7-9(3)10(4)8-6-2/h5-6,9-10H,1-2,7-8H2,3-4H3/t9-,10?/m0/s1. The van der Waals surface area contributed by atoms with Crippen molar-refractivity contribution >= 4 is 0 Å². The Morgan fingerprint density at radius 2 is 1.30 bits per heavy atom. The third kappa shape index (κ3) is 3.49. The van der Waals surface area contributed by atoms with E-state index in [9.17, 15) is 0 Å². The molecule has 0 aliphatic heterocycles. The fourth-order valence-electron chi connectivity index (χ4n) is 0.990. The first-order chi connectivity index (χ1) is 4.72. The second-order valence-corrected chi connectivity index (χ2v) is 3.00. The van der Waals surface area contributed by atoms with E-state index < -0.39 is 0 Å². The largest absolute Gasteiger partial charge is 0.103 e. The van der Waals surface area contributed by atoms with Crippen LogP contribution in [-0.4, -0.2) is 0 Å². The van der Waals surface area contributed by atoms with Crippen molar-refractivity contribution in [2.24, 2.45) is 11.8 Å². The molecule has 0 saturated carbocycles. The first-order valence-electron chi connectivity index (χ1n) is 3.94. The molecule has 0 aliphatic rings. The lowest BCUT2D eigenvalue weighted by molar-refractivity contribution is 0.395. The molecule has 0 bridgehead atoms. The highest BCUT2D eigenvalue weighted by atomic mass is 14.1. The van der Waals surface area contributed by atoms with Gasteiger partial charge in [0.15, 0.2) is 0 Å². The Hall–Kier alpha value is -0.520. The van der Waals surface area contributed by atoms with Gasteiger partial charge < -0.3 is 0 Å². The molecule has 0 radical (unpaired) electrons. The lowest BCUT2D eigenvalue weighted by Crippen LogP contribution is -2.05. The van der Waals surface area contributed by atoms with Crippen LogP contribution >= 0.6 is 0 Å². The van der Waals surface area contributed by atoms with Crippen LogP contribution in [0.5, 0.6) is 0 Å². The van der Waals surface area contributed by atoms with Gasteiger partial charge in [-0.15, -0.1) is 13.2 Å². The second-order valence-electron chi connectivity index (χ2n) is 3.00. The summed E-state index contributed by atoms with van der Waals surface area (Å²) in [5, 5.41) is 0. The van der Waals surface area contributed by atoms with E-state index in [4.69, 9.17) is 0 Å². The van der Waals surface area contributed by atoms with Crippen LogP contribution in [0.4, 0.5) is 0 Å². The van der Waals surface area contributed by atoms with Crippen LogP contribution < -0.4 is 0 Å². The molecule has 0 fully saturated rings. The van der Waals surface area contributed by atoms with Gasteiger partial charge in [0.25, 0.3) is 0 Å². The van der Waals surface area contributed by atoms with Crippen LogP contribution in [0.2, 0.25) is 0 Å². The molecular formula is C10H18. The average Bonchev–Trinajstić information content (AvgIpc) is 1.89. The molecule has 0 aromatic carbocycles. The highest BCUT2D eigenvalue weighted by molar-refractivity contribution is 4.78. The van der Waals surface area contributed by atoms with Crippen LogP contribution in [0.25, 0.3) is 0 Å². The van der Waals surface area contributed by atoms with Crippen LogP contribution in [-0.2, 0) is 0 Å². The molecule has 0 heteroatoms. The average molecular weight is 138 g/mol. The highest BCUT2D eigenvalue weighted by Gasteiger charge is 2.07. The molecule has 0 N–H and O–H groups in total. The molecule has 0 aliphatic carbocycles. The molecule has 0 amide bonds. The summed E-state index contributed by atoms with van der Waals surface area (Å²) in [7, 11) is 0. The summed E-state index contributed by atoms with van der Waals surface area (Å²) in [5.41, 5.74) is 0. The minimum Gasteiger partial charge on any atom is -0.103 e. The summed E-state index contributed by atoms with van der Waals surface area (Å²) in [6.45, 7) is 12.0. The van der Waals surface area contributed by atoms with Gasteiger partial charge in [0.2, 0.25) is 0 Å². The quantitative estimate of drug-likeness (QED) is 0.511. The molecule has 0 heterocycles. The van der Waals surface area contributed by atoms with Crippen molar-refractivity contribution in [3.05, 3.63) is 25.3 Å². The SMILES string of the molecule is C=CCC(C)[C@@H](C)CC=C. The van der Waals surface area contributed by atoms with Gasteiger partial charge in [0.1, 0.15) is 0 Å². The van der Waals surface area contributed by atoms with E-state index >= 15 is 0 Å². The molecule has 0 aromatic heterocycles. The van der Waals surface area contributed by atoms with Crippen molar-refractivity contribution < 1.29 is 0 Å².